The van der Waals surface area contributed by atoms with Gasteiger partial charge in [0.15, 0.2) is 11.5 Å². The highest BCUT2D eigenvalue weighted by atomic mass is 16.3. The number of hydrogen-bond donors (Lipinski definition) is 2. The number of anilines is 1. The fraction of sp³-hybridized carbons (Fsp3) is 0.0714. The highest BCUT2D eigenvalue weighted by molar-refractivity contribution is 6.36. The molecule has 0 aliphatic carbocycles. The average molecular weight is 435 g/mol. The van der Waals surface area contributed by atoms with E-state index in [1.165, 1.54) is 18.2 Å². The zero-order chi connectivity index (χ0) is 23.3. The lowest BCUT2D eigenvalue weighted by atomic mass is 9.82. The predicted molar refractivity (Wildman–Crippen MR) is 128 cm³/mol. The number of benzene rings is 4. The Kier molecular flexibility index (Phi) is 4.75. The maximum absolute atomic E-state index is 13.6. The van der Waals surface area contributed by atoms with E-state index in [1.54, 1.807) is 0 Å². The van der Waals surface area contributed by atoms with Crippen LogP contribution in [-0.4, -0.2) is 22.0 Å². The summed E-state index contributed by atoms with van der Waals surface area (Å²) in [7, 11) is 0. The Labute approximate surface area is 191 Å². The van der Waals surface area contributed by atoms with E-state index < -0.39 is 17.6 Å². The Morgan fingerprint density at radius 3 is 1.45 bits per heavy atom. The Morgan fingerprint density at radius 1 is 0.576 bits per heavy atom. The number of carbonyl (C=O) groups excluding carboxylic acids is 2. The molecule has 33 heavy (non-hydrogen) atoms. The van der Waals surface area contributed by atoms with Crippen molar-refractivity contribution in [3.8, 4) is 33.8 Å². The largest absolute Gasteiger partial charge is 0.504 e. The molecule has 1 aliphatic rings. The molecule has 0 unspecified atom stereocenters. The number of nitrogens with zero attached hydrogens (tertiary/aromatic N) is 1. The molecule has 5 rings (SSSR count). The molecule has 0 fully saturated rings. The minimum atomic E-state index is -0.447. The molecular weight excluding hydrogens is 414 g/mol. The van der Waals surface area contributed by atoms with E-state index in [-0.39, 0.29) is 11.4 Å². The van der Waals surface area contributed by atoms with Crippen LogP contribution in [0, 0.1) is 13.8 Å². The van der Waals surface area contributed by atoms with Crippen molar-refractivity contribution in [3.63, 3.8) is 0 Å². The van der Waals surface area contributed by atoms with Crippen LogP contribution in [0.25, 0.3) is 22.3 Å². The molecule has 0 saturated carbocycles. The summed E-state index contributed by atoms with van der Waals surface area (Å²) in [6.45, 7) is 3.74. The SMILES string of the molecule is Cc1c2c(c(C)c(-c3ccccc3)c1-c1ccccc1)C(=O)N(c1ccc(O)c(O)c1)C2=O. The van der Waals surface area contributed by atoms with Crippen LogP contribution in [0.5, 0.6) is 11.5 Å². The van der Waals surface area contributed by atoms with Crippen LogP contribution in [0.2, 0.25) is 0 Å². The number of aromatic hydroxyl groups is 2. The van der Waals surface area contributed by atoms with Crippen molar-refractivity contribution in [1.29, 1.82) is 0 Å². The Bertz CT molecular complexity index is 1340. The second-order valence-electron chi connectivity index (χ2n) is 8.10. The van der Waals surface area contributed by atoms with Crippen molar-refractivity contribution in [2.75, 3.05) is 4.90 Å². The van der Waals surface area contributed by atoms with Crippen LogP contribution in [0.1, 0.15) is 31.8 Å². The molecule has 0 radical (unpaired) electrons. The third kappa shape index (κ3) is 3.09. The van der Waals surface area contributed by atoms with Gasteiger partial charge in [-0.15, -0.1) is 0 Å². The maximum atomic E-state index is 13.6. The molecule has 5 heteroatoms. The Hall–Kier alpha value is -4.38. The normalized spacial score (nSPS) is 12.8. The predicted octanol–water partition coefficient (Wildman–Crippen LogP) is 5.85. The minimum absolute atomic E-state index is 0.206. The third-order valence-electron chi connectivity index (χ3n) is 6.18. The fourth-order valence-corrected chi connectivity index (χ4v) is 4.67. The lowest BCUT2D eigenvalue weighted by Gasteiger charge is -2.19. The van der Waals surface area contributed by atoms with E-state index in [2.05, 4.69) is 0 Å². The van der Waals surface area contributed by atoms with Crippen LogP contribution in [0.3, 0.4) is 0 Å². The number of phenolic OH excluding ortho intramolecular Hbond substituents is 2. The zero-order valence-electron chi connectivity index (χ0n) is 18.2. The number of carbonyl (C=O) groups is 2. The minimum Gasteiger partial charge on any atom is -0.504 e. The standard InChI is InChI=1S/C28H21NO4/c1-16-23(18-9-5-3-6-10-18)24(19-11-7-4-8-12-19)17(2)26-25(16)27(32)29(28(26)33)20-13-14-21(30)22(31)15-20/h3-15,30-31H,1-2H3. The van der Waals surface area contributed by atoms with Gasteiger partial charge in [0.05, 0.1) is 16.8 Å². The monoisotopic (exact) mass is 435 g/mol. The molecule has 0 aromatic heterocycles. The molecule has 0 saturated heterocycles. The number of rotatable bonds is 3. The summed E-state index contributed by atoms with van der Waals surface area (Å²) in [6, 6.07) is 23.6. The third-order valence-corrected chi connectivity index (χ3v) is 6.18. The van der Waals surface area contributed by atoms with E-state index in [0.717, 1.165) is 38.3 Å². The summed E-state index contributed by atoms with van der Waals surface area (Å²) in [5.41, 5.74) is 6.13. The van der Waals surface area contributed by atoms with Gasteiger partial charge in [0.2, 0.25) is 0 Å². The first kappa shape index (κ1) is 20.5. The first-order chi connectivity index (χ1) is 15.9. The van der Waals surface area contributed by atoms with Gasteiger partial charge in [-0.1, -0.05) is 60.7 Å². The number of hydrogen-bond acceptors (Lipinski definition) is 4. The lowest BCUT2D eigenvalue weighted by Crippen LogP contribution is -2.29. The van der Waals surface area contributed by atoms with Gasteiger partial charge in [0, 0.05) is 6.07 Å². The second kappa shape index (κ2) is 7.64. The van der Waals surface area contributed by atoms with Crippen LogP contribution in [0.4, 0.5) is 5.69 Å². The summed E-state index contributed by atoms with van der Waals surface area (Å²) in [5.74, 6) is -1.61. The number of amides is 2. The highest BCUT2D eigenvalue weighted by Crippen LogP contribution is 2.45. The molecule has 4 aromatic rings. The van der Waals surface area contributed by atoms with Crippen molar-refractivity contribution < 1.29 is 19.8 Å². The Balaban J connectivity index is 1.81. The molecule has 162 valence electrons. The summed E-state index contributed by atoms with van der Waals surface area (Å²) < 4.78 is 0. The van der Waals surface area contributed by atoms with E-state index in [9.17, 15) is 19.8 Å². The van der Waals surface area contributed by atoms with Gasteiger partial charge in [0.25, 0.3) is 11.8 Å². The van der Waals surface area contributed by atoms with Crippen LogP contribution in [0.15, 0.2) is 78.9 Å². The van der Waals surface area contributed by atoms with Crippen LogP contribution in [-0.2, 0) is 0 Å². The van der Waals surface area contributed by atoms with Gasteiger partial charge in [-0.25, -0.2) is 4.90 Å². The molecule has 0 spiro atoms. The molecule has 0 bridgehead atoms. The first-order valence-corrected chi connectivity index (χ1v) is 10.6. The zero-order valence-corrected chi connectivity index (χ0v) is 18.2. The summed E-state index contributed by atoms with van der Waals surface area (Å²) in [4.78, 5) is 28.2. The van der Waals surface area contributed by atoms with E-state index in [1.807, 2.05) is 74.5 Å². The number of phenols is 2. The first-order valence-electron chi connectivity index (χ1n) is 10.6. The van der Waals surface area contributed by atoms with Crippen LogP contribution >= 0.6 is 0 Å². The van der Waals surface area contributed by atoms with Gasteiger partial charge in [-0.3, -0.25) is 9.59 Å². The Morgan fingerprint density at radius 2 is 1.03 bits per heavy atom. The molecule has 1 heterocycles. The maximum Gasteiger partial charge on any atom is 0.266 e. The highest BCUT2D eigenvalue weighted by Gasteiger charge is 2.41. The molecule has 5 nitrogen and oxygen atoms in total. The van der Waals surface area contributed by atoms with Gasteiger partial charge in [-0.2, -0.15) is 0 Å². The molecule has 0 atom stereocenters. The summed E-state index contributed by atoms with van der Waals surface area (Å²) in [6.07, 6.45) is 0. The number of fused-ring (bicyclic) bond motifs is 1. The van der Waals surface area contributed by atoms with E-state index >= 15 is 0 Å². The van der Waals surface area contributed by atoms with Crippen molar-refractivity contribution in [1.82, 2.24) is 0 Å². The average Bonchev–Trinajstić information content (AvgIpc) is 3.09. The second-order valence-corrected chi connectivity index (χ2v) is 8.10. The van der Waals surface area contributed by atoms with Crippen LogP contribution < -0.4 is 4.90 Å². The van der Waals surface area contributed by atoms with Crippen molar-refractivity contribution >= 4 is 17.5 Å². The smallest absolute Gasteiger partial charge is 0.266 e. The van der Waals surface area contributed by atoms with E-state index in [4.69, 9.17) is 0 Å². The van der Waals surface area contributed by atoms with E-state index in [0.29, 0.717) is 11.1 Å². The summed E-state index contributed by atoms with van der Waals surface area (Å²) >= 11 is 0. The van der Waals surface area contributed by atoms with Crippen molar-refractivity contribution in [2.45, 2.75) is 13.8 Å². The quantitative estimate of drug-likeness (QED) is 0.313. The molecule has 1 aliphatic heterocycles. The van der Waals surface area contributed by atoms with Crippen molar-refractivity contribution in [2.24, 2.45) is 0 Å². The fourth-order valence-electron chi connectivity index (χ4n) is 4.67. The molecule has 2 amide bonds. The van der Waals surface area contributed by atoms with Gasteiger partial charge in [0.1, 0.15) is 0 Å². The van der Waals surface area contributed by atoms with Gasteiger partial charge >= 0.3 is 0 Å². The lowest BCUT2D eigenvalue weighted by molar-refractivity contribution is 0.0926. The topological polar surface area (TPSA) is 77.8 Å². The molecular formula is C28H21NO4. The van der Waals surface area contributed by atoms with Gasteiger partial charge in [-0.05, 0) is 59.4 Å². The van der Waals surface area contributed by atoms with Gasteiger partial charge < -0.3 is 10.2 Å². The summed E-state index contributed by atoms with van der Waals surface area (Å²) in [5, 5.41) is 19.6. The number of imide groups is 1. The molecule has 2 N–H and O–H groups in total. The molecule has 4 aromatic carbocycles. The van der Waals surface area contributed by atoms with Crippen molar-refractivity contribution in [3.05, 3.63) is 101 Å².